The Labute approximate surface area is 195 Å². The van der Waals surface area contributed by atoms with Crippen molar-refractivity contribution in [2.45, 2.75) is 6.92 Å². The zero-order chi connectivity index (χ0) is 23.2. The highest BCUT2D eigenvalue weighted by Crippen LogP contribution is 2.20. The van der Waals surface area contributed by atoms with Crippen LogP contribution in [0.5, 0.6) is 5.75 Å². The summed E-state index contributed by atoms with van der Waals surface area (Å²) in [6.07, 6.45) is 0. The van der Waals surface area contributed by atoms with Gasteiger partial charge in [0.25, 0.3) is 11.8 Å². The van der Waals surface area contributed by atoms with E-state index < -0.39 is 0 Å². The Morgan fingerprint density at radius 1 is 0.909 bits per heavy atom. The number of fused-ring (bicyclic) bond motifs is 1. The van der Waals surface area contributed by atoms with Crippen LogP contribution in [0.15, 0.2) is 83.3 Å². The van der Waals surface area contributed by atoms with Crippen LogP contribution in [0.25, 0.3) is 11.0 Å². The van der Waals surface area contributed by atoms with Crippen LogP contribution in [-0.4, -0.2) is 23.5 Å². The van der Waals surface area contributed by atoms with E-state index in [9.17, 15) is 9.59 Å². The number of para-hydroxylation sites is 1. The van der Waals surface area contributed by atoms with Gasteiger partial charge in [-0.15, -0.1) is 0 Å². The molecule has 0 bridgehead atoms. The van der Waals surface area contributed by atoms with E-state index in [0.717, 1.165) is 10.9 Å². The maximum absolute atomic E-state index is 12.4. The summed E-state index contributed by atoms with van der Waals surface area (Å²) in [6.45, 7) is 1.82. The Morgan fingerprint density at radius 3 is 2.27 bits per heavy atom. The number of rotatable bonds is 6. The molecule has 0 atom stereocenters. The van der Waals surface area contributed by atoms with Crippen LogP contribution in [-0.2, 0) is 4.79 Å². The highest BCUT2D eigenvalue weighted by molar-refractivity contribution is 7.80. The van der Waals surface area contributed by atoms with Crippen LogP contribution in [0.4, 0.5) is 11.4 Å². The summed E-state index contributed by atoms with van der Waals surface area (Å²) in [7, 11) is 0. The Hall–Kier alpha value is -4.17. The van der Waals surface area contributed by atoms with Gasteiger partial charge in [0.2, 0.25) is 0 Å². The van der Waals surface area contributed by atoms with Crippen LogP contribution >= 0.6 is 12.2 Å². The van der Waals surface area contributed by atoms with Gasteiger partial charge in [0.1, 0.15) is 11.3 Å². The average molecular weight is 460 g/mol. The van der Waals surface area contributed by atoms with Crippen molar-refractivity contribution in [3.05, 3.63) is 90.2 Å². The zero-order valence-corrected chi connectivity index (χ0v) is 18.6. The molecule has 1 aromatic heterocycles. The minimum Gasteiger partial charge on any atom is -0.484 e. The van der Waals surface area contributed by atoms with Gasteiger partial charge in [-0.1, -0.05) is 35.9 Å². The summed E-state index contributed by atoms with van der Waals surface area (Å²) in [5.41, 5.74) is 3.01. The zero-order valence-electron chi connectivity index (χ0n) is 17.8. The minimum atomic E-state index is -0.372. The van der Waals surface area contributed by atoms with E-state index in [0.29, 0.717) is 22.7 Å². The van der Waals surface area contributed by atoms with Gasteiger partial charge in [-0.05, 0) is 67.7 Å². The van der Waals surface area contributed by atoms with E-state index >= 15 is 0 Å². The minimum absolute atomic E-state index is 0.145. The molecule has 4 aromatic rings. The normalized spacial score (nSPS) is 10.5. The fourth-order valence-electron chi connectivity index (χ4n) is 3.03. The van der Waals surface area contributed by atoms with Gasteiger partial charge < -0.3 is 19.8 Å². The fourth-order valence-corrected chi connectivity index (χ4v) is 3.26. The number of hydrogen-bond acceptors (Lipinski definition) is 5. The Kier molecular flexibility index (Phi) is 6.66. The van der Waals surface area contributed by atoms with Gasteiger partial charge in [-0.3, -0.25) is 14.9 Å². The topological polar surface area (TPSA) is 92.6 Å². The van der Waals surface area contributed by atoms with E-state index in [2.05, 4.69) is 16.0 Å². The molecule has 166 valence electrons. The van der Waals surface area contributed by atoms with Gasteiger partial charge in [0.05, 0.1) is 0 Å². The molecule has 1 heterocycles. The summed E-state index contributed by atoms with van der Waals surface area (Å²) < 4.78 is 11.0. The number of carbonyl (C=O) groups excluding carboxylic acids is 2. The third-order valence-electron chi connectivity index (χ3n) is 4.69. The van der Waals surface area contributed by atoms with Gasteiger partial charge in [-0.2, -0.15) is 0 Å². The predicted octanol–water partition coefficient (Wildman–Crippen LogP) is 4.89. The highest BCUT2D eigenvalue weighted by atomic mass is 32.1. The van der Waals surface area contributed by atoms with E-state index in [-0.39, 0.29) is 29.3 Å². The number of carbonyl (C=O) groups is 2. The molecule has 7 nitrogen and oxygen atoms in total. The largest absolute Gasteiger partial charge is 0.484 e. The number of anilines is 2. The van der Waals surface area contributed by atoms with Crippen molar-refractivity contribution >= 4 is 51.5 Å². The molecule has 0 aliphatic heterocycles. The molecule has 0 aliphatic rings. The number of aryl methyl sites for hydroxylation is 1. The Morgan fingerprint density at radius 2 is 1.58 bits per heavy atom. The van der Waals surface area contributed by atoms with Gasteiger partial charge in [-0.25, -0.2) is 0 Å². The van der Waals surface area contributed by atoms with Crippen molar-refractivity contribution in [2.24, 2.45) is 0 Å². The van der Waals surface area contributed by atoms with Crippen molar-refractivity contribution in [3.8, 4) is 5.75 Å². The third-order valence-corrected chi connectivity index (χ3v) is 4.90. The SMILES string of the molecule is Cc1ccc(OCC(=O)NC(=S)Nc2ccc(NC(=O)c3cc4ccccc4o3)cc2)cc1. The molecule has 0 saturated carbocycles. The monoisotopic (exact) mass is 459 g/mol. The van der Waals surface area contributed by atoms with Gasteiger partial charge in [0, 0.05) is 16.8 Å². The Bertz CT molecular complexity index is 1260. The van der Waals surface area contributed by atoms with Crippen molar-refractivity contribution in [1.29, 1.82) is 0 Å². The first kappa shape index (κ1) is 22.0. The standard InChI is InChI=1S/C25H21N3O4S/c1-16-6-12-20(13-7-16)31-15-23(29)28-25(33)27-19-10-8-18(9-11-19)26-24(30)22-14-17-4-2-3-5-21(17)32-22/h2-14H,15H2,1H3,(H,26,30)(H2,27,28,29,33). The number of hydrogen-bond donors (Lipinski definition) is 3. The maximum Gasteiger partial charge on any atom is 0.291 e. The number of nitrogens with one attached hydrogen (secondary N) is 3. The number of benzene rings is 3. The van der Waals surface area contributed by atoms with Crippen molar-refractivity contribution in [3.63, 3.8) is 0 Å². The predicted molar refractivity (Wildman–Crippen MR) is 132 cm³/mol. The lowest BCUT2D eigenvalue weighted by Gasteiger charge is -2.11. The summed E-state index contributed by atoms with van der Waals surface area (Å²) >= 11 is 5.18. The van der Waals surface area contributed by atoms with Crippen molar-refractivity contribution in [2.75, 3.05) is 17.2 Å². The fraction of sp³-hybridized carbons (Fsp3) is 0.0800. The number of furan rings is 1. The quantitative estimate of drug-likeness (QED) is 0.356. The number of ether oxygens (including phenoxy) is 1. The molecule has 33 heavy (non-hydrogen) atoms. The average Bonchev–Trinajstić information content (AvgIpc) is 3.24. The lowest BCUT2D eigenvalue weighted by Crippen LogP contribution is -2.37. The van der Waals surface area contributed by atoms with Crippen LogP contribution in [0.3, 0.4) is 0 Å². The van der Waals surface area contributed by atoms with Gasteiger partial charge in [0.15, 0.2) is 17.5 Å². The second kappa shape index (κ2) is 9.97. The van der Waals surface area contributed by atoms with Crippen molar-refractivity contribution < 1.29 is 18.7 Å². The van der Waals surface area contributed by atoms with Crippen LogP contribution in [0.1, 0.15) is 16.1 Å². The van der Waals surface area contributed by atoms with Crippen LogP contribution < -0.4 is 20.7 Å². The van der Waals surface area contributed by atoms with E-state index in [4.69, 9.17) is 21.4 Å². The maximum atomic E-state index is 12.4. The van der Waals surface area contributed by atoms with Crippen LogP contribution in [0, 0.1) is 6.92 Å². The highest BCUT2D eigenvalue weighted by Gasteiger charge is 2.12. The second-order valence-corrected chi connectivity index (χ2v) is 7.69. The molecule has 0 saturated heterocycles. The first-order chi connectivity index (χ1) is 16.0. The molecule has 2 amide bonds. The first-order valence-electron chi connectivity index (χ1n) is 10.2. The molecule has 0 spiro atoms. The smallest absolute Gasteiger partial charge is 0.291 e. The Balaban J connectivity index is 1.26. The first-order valence-corrected chi connectivity index (χ1v) is 10.6. The molecule has 0 unspecified atom stereocenters. The molecule has 0 radical (unpaired) electrons. The molecule has 3 N–H and O–H groups in total. The number of amides is 2. The molecule has 3 aromatic carbocycles. The molecule has 0 aliphatic carbocycles. The summed E-state index contributed by atoms with van der Waals surface area (Å²) in [5.74, 6) is 0.121. The van der Waals surface area contributed by atoms with Crippen LogP contribution in [0.2, 0.25) is 0 Å². The summed E-state index contributed by atoms with van der Waals surface area (Å²) in [4.78, 5) is 24.5. The van der Waals surface area contributed by atoms with Crippen molar-refractivity contribution in [1.82, 2.24) is 5.32 Å². The van der Waals surface area contributed by atoms with Gasteiger partial charge >= 0.3 is 0 Å². The third kappa shape index (κ3) is 5.96. The molecular weight excluding hydrogens is 438 g/mol. The van der Waals surface area contributed by atoms with E-state index in [1.54, 1.807) is 42.5 Å². The lowest BCUT2D eigenvalue weighted by atomic mass is 10.2. The summed E-state index contributed by atoms with van der Waals surface area (Å²) in [6, 6.07) is 23.4. The molecule has 0 fully saturated rings. The van der Waals surface area contributed by atoms with E-state index in [1.807, 2.05) is 43.3 Å². The molecule has 4 rings (SSSR count). The second-order valence-electron chi connectivity index (χ2n) is 7.28. The molecule has 8 heteroatoms. The lowest BCUT2D eigenvalue weighted by molar-refractivity contribution is -0.121. The van der Waals surface area contributed by atoms with E-state index in [1.165, 1.54) is 0 Å². The summed E-state index contributed by atoms with van der Waals surface area (Å²) in [5, 5.41) is 9.28. The molecular formula is C25H21N3O4S. The number of thiocarbonyl (C=S) groups is 1.